The molecule has 0 bridgehead atoms. The second kappa shape index (κ2) is 7.09. The second-order valence-electron chi connectivity index (χ2n) is 7.24. The fourth-order valence-corrected chi connectivity index (χ4v) is 3.44. The third kappa shape index (κ3) is 3.35. The molecule has 7 nitrogen and oxygen atoms in total. The van der Waals surface area contributed by atoms with Crippen molar-refractivity contribution in [2.45, 2.75) is 25.4 Å². The summed E-state index contributed by atoms with van der Waals surface area (Å²) < 4.78 is 7.36. The van der Waals surface area contributed by atoms with Crippen molar-refractivity contribution < 1.29 is 4.74 Å². The van der Waals surface area contributed by atoms with Crippen LogP contribution in [0.4, 0.5) is 11.8 Å². The Kier molecular flexibility index (Phi) is 4.27. The summed E-state index contributed by atoms with van der Waals surface area (Å²) >= 11 is 0. The summed E-state index contributed by atoms with van der Waals surface area (Å²) in [6.07, 6.45) is 2.27. The predicted molar refractivity (Wildman–Crippen MR) is 114 cm³/mol. The van der Waals surface area contributed by atoms with Crippen LogP contribution in [0.5, 0.6) is 5.75 Å². The van der Waals surface area contributed by atoms with Crippen LogP contribution in [-0.4, -0.2) is 32.9 Å². The van der Waals surface area contributed by atoms with E-state index >= 15 is 0 Å². The van der Waals surface area contributed by atoms with E-state index in [2.05, 4.69) is 22.4 Å². The molecule has 2 heterocycles. The van der Waals surface area contributed by atoms with Gasteiger partial charge in [-0.1, -0.05) is 42.5 Å². The average Bonchev–Trinajstić information content (AvgIpc) is 3.51. The number of anilines is 2. The van der Waals surface area contributed by atoms with Crippen LogP contribution in [-0.2, 0) is 6.54 Å². The Morgan fingerprint density at radius 2 is 1.83 bits per heavy atom. The molecule has 1 aliphatic rings. The van der Waals surface area contributed by atoms with Crippen LogP contribution in [0.25, 0.3) is 22.3 Å². The van der Waals surface area contributed by atoms with Gasteiger partial charge in [0.05, 0.1) is 24.7 Å². The first-order valence-corrected chi connectivity index (χ1v) is 9.71. The van der Waals surface area contributed by atoms with Crippen LogP contribution in [0.3, 0.4) is 0 Å². The molecule has 0 unspecified atom stereocenters. The summed E-state index contributed by atoms with van der Waals surface area (Å²) in [7, 11) is 1.66. The minimum atomic E-state index is 0.432. The van der Waals surface area contributed by atoms with E-state index in [1.165, 1.54) is 0 Å². The number of nitrogens with one attached hydrogen (secondary N) is 1. The molecule has 0 radical (unpaired) electrons. The number of hydrogen-bond donors (Lipinski definition) is 2. The first-order chi connectivity index (χ1) is 14.2. The van der Waals surface area contributed by atoms with Gasteiger partial charge in [-0.15, -0.1) is 5.10 Å². The topological polar surface area (TPSA) is 90.9 Å². The second-order valence-corrected chi connectivity index (χ2v) is 7.24. The van der Waals surface area contributed by atoms with Crippen molar-refractivity contribution in [2.75, 3.05) is 18.2 Å². The summed E-state index contributed by atoms with van der Waals surface area (Å²) in [6, 6.07) is 18.3. The molecule has 4 aromatic rings. The SMILES string of the molecule is COc1ccccc1-c1nc(NC2CC2)nc2nn(Cc3ccccc3)c(N)c12. The number of fused-ring (bicyclic) bond motifs is 1. The molecule has 2 aromatic heterocycles. The van der Waals surface area contributed by atoms with Gasteiger partial charge in [0.25, 0.3) is 0 Å². The maximum atomic E-state index is 6.54. The molecule has 5 rings (SSSR count). The molecule has 0 saturated heterocycles. The fourth-order valence-electron chi connectivity index (χ4n) is 3.44. The number of rotatable bonds is 6. The van der Waals surface area contributed by atoms with Crippen LogP contribution >= 0.6 is 0 Å². The highest BCUT2D eigenvalue weighted by atomic mass is 16.5. The number of benzene rings is 2. The third-order valence-electron chi connectivity index (χ3n) is 5.09. The fraction of sp³-hybridized carbons (Fsp3) is 0.227. The minimum Gasteiger partial charge on any atom is -0.496 e. The lowest BCUT2D eigenvalue weighted by atomic mass is 10.1. The van der Waals surface area contributed by atoms with Gasteiger partial charge in [-0.05, 0) is 30.5 Å². The van der Waals surface area contributed by atoms with E-state index in [-0.39, 0.29) is 0 Å². The maximum absolute atomic E-state index is 6.54. The van der Waals surface area contributed by atoms with Crippen molar-refractivity contribution in [3.63, 3.8) is 0 Å². The van der Waals surface area contributed by atoms with Crippen molar-refractivity contribution in [2.24, 2.45) is 0 Å². The van der Waals surface area contributed by atoms with Gasteiger partial charge >= 0.3 is 0 Å². The van der Waals surface area contributed by atoms with Crippen molar-refractivity contribution in [3.05, 3.63) is 60.2 Å². The van der Waals surface area contributed by atoms with E-state index in [0.29, 0.717) is 30.0 Å². The van der Waals surface area contributed by atoms with Crippen LogP contribution < -0.4 is 15.8 Å². The highest BCUT2D eigenvalue weighted by Gasteiger charge is 2.25. The number of nitrogens with zero attached hydrogens (tertiary/aromatic N) is 4. The number of nitrogens with two attached hydrogens (primary N) is 1. The summed E-state index contributed by atoms with van der Waals surface area (Å²) in [5.74, 6) is 1.85. The Bertz CT molecular complexity index is 1170. The number of hydrogen-bond acceptors (Lipinski definition) is 6. The molecule has 0 aliphatic heterocycles. The lowest BCUT2D eigenvalue weighted by Gasteiger charge is -2.11. The molecule has 0 atom stereocenters. The summed E-state index contributed by atoms with van der Waals surface area (Å²) in [5.41, 5.74) is 9.84. The number of ether oxygens (including phenoxy) is 1. The van der Waals surface area contributed by atoms with Gasteiger partial charge in [0, 0.05) is 11.6 Å². The molecule has 1 saturated carbocycles. The van der Waals surface area contributed by atoms with Gasteiger partial charge in [0.15, 0.2) is 5.65 Å². The lowest BCUT2D eigenvalue weighted by molar-refractivity contribution is 0.416. The summed E-state index contributed by atoms with van der Waals surface area (Å²) in [6.45, 7) is 0.569. The van der Waals surface area contributed by atoms with Crippen LogP contribution in [0, 0.1) is 0 Å². The summed E-state index contributed by atoms with van der Waals surface area (Å²) in [5, 5.41) is 8.82. The first-order valence-electron chi connectivity index (χ1n) is 9.71. The molecule has 0 spiro atoms. The van der Waals surface area contributed by atoms with Gasteiger partial charge in [0.2, 0.25) is 5.95 Å². The normalized spacial score (nSPS) is 13.6. The Morgan fingerprint density at radius 1 is 1.07 bits per heavy atom. The van der Waals surface area contributed by atoms with Gasteiger partial charge in [-0.2, -0.15) is 4.98 Å². The van der Waals surface area contributed by atoms with Crippen LogP contribution in [0.2, 0.25) is 0 Å². The highest BCUT2D eigenvalue weighted by molar-refractivity contribution is 6.00. The molecular weight excluding hydrogens is 364 g/mol. The van der Waals surface area contributed by atoms with Crippen molar-refractivity contribution >= 4 is 22.8 Å². The molecule has 7 heteroatoms. The Morgan fingerprint density at radius 3 is 2.59 bits per heavy atom. The molecule has 3 N–H and O–H groups in total. The molecule has 29 heavy (non-hydrogen) atoms. The van der Waals surface area contributed by atoms with Crippen molar-refractivity contribution in [3.8, 4) is 17.0 Å². The number of methoxy groups -OCH3 is 1. The van der Waals surface area contributed by atoms with Gasteiger partial charge in [-0.25, -0.2) is 9.67 Å². The van der Waals surface area contributed by atoms with Crippen LogP contribution in [0.15, 0.2) is 54.6 Å². The zero-order valence-electron chi connectivity index (χ0n) is 16.2. The minimum absolute atomic E-state index is 0.432. The molecule has 146 valence electrons. The quantitative estimate of drug-likeness (QED) is 0.525. The van der Waals surface area contributed by atoms with Gasteiger partial charge < -0.3 is 15.8 Å². The van der Waals surface area contributed by atoms with E-state index in [9.17, 15) is 0 Å². The number of para-hydroxylation sites is 1. The van der Waals surface area contributed by atoms with Crippen LogP contribution in [0.1, 0.15) is 18.4 Å². The Hall–Kier alpha value is -3.61. The van der Waals surface area contributed by atoms with Gasteiger partial charge in [0.1, 0.15) is 11.6 Å². The van der Waals surface area contributed by atoms with E-state index < -0.39 is 0 Å². The van der Waals surface area contributed by atoms with E-state index in [0.717, 1.165) is 40.8 Å². The monoisotopic (exact) mass is 386 g/mol. The Labute approximate surface area is 168 Å². The molecular formula is C22H22N6O. The molecule has 1 fully saturated rings. The van der Waals surface area contributed by atoms with Gasteiger partial charge in [-0.3, -0.25) is 0 Å². The molecule has 0 amide bonds. The lowest BCUT2D eigenvalue weighted by Crippen LogP contribution is -2.06. The molecule has 2 aromatic carbocycles. The smallest absolute Gasteiger partial charge is 0.225 e. The number of aromatic nitrogens is 4. The highest BCUT2D eigenvalue weighted by Crippen LogP contribution is 2.37. The third-order valence-corrected chi connectivity index (χ3v) is 5.09. The average molecular weight is 386 g/mol. The zero-order valence-corrected chi connectivity index (χ0v) is 16.2. The van der Waals surface area contributed by atoms with Crippen molar-refractivity contribution in [1.29, 1.82) is 0 Å². The summed E-state index contributed by atoms with van der Waals surface area (Å²) in [4.78, 5) is 9.45. The standard InChI is InChI=1S/C22H22N6O/c1-29-17-10-6-5-9-16(17)19-18-20(23)28(13-14-7-3-2-4-8-14)27-21(18)26-22(25-19)24-15-11-12-15/h2-10,15H,11-13,23H2,1H3,(H,24,26,27). The Balaban J connectivity index is 1.68. The zero-order chi connectivity index (χ0) is 19.8. The first kappa shape index (κ1) is 17.5. The van der Waals surface area contributed by atoms with Crippen molar-refractivity contribution in [1.82, 2.24) is 19.7 Å². The molecule has 1 aliphatic carbocycles. The number of nitrogen functional groups attached to an aromatic ring is 1. The predicted octanol–water partition coefficient (Wildman–Crippen LogP) is 3.71. The van der Waals surface area contributed by atoms with E-state index in [4.69, 9.17) is 20.6 Å². The van der Waals surface area contributed by atoms with E-state index in [1.807, 2.05) is 42.5 Å². The maximum Gasteiger partial charge on any atom is 0.225 e. The largest absolute Gasteiger partial charge is 0.496 e. The van der Waals surface area contributed by atoms with E-state index in [1.54, 1.807) is 11.8 Å².